The second-order valence-electron chi connectivity index (χ2n) is 4.85. The van der Waals surface area contributed by atoms with Gasteiger partial charge in [0.05, 0.1) is 10.2 Å². The molecule has 0 saturated heterocycles. The maximum absolute atomic E-state index is 6.30. The second-order valence-corrected chi connectivity index (χ2v) is 5.77. The van der Waals surface area contributed by atoms with E-state index in [1.54, 1.807) is 11.3 Å². The molecule has 3 rings (SSSR count). The van der Waals surface area contributed by atoms with Gasteiger partial charge < -0.3 is 10.1 Å². The van der Waals surface area contributed by atoms with E-state index in [4.69, 9.17) is 4.74 Å². The topological polar surface area (TPSA) is 34.1 Å². The molecule has 3 aromatic rings. The van der Waals surface area contributed by atoms with E-state index in [9.17, 15) is 0 Å². The molecule has 0 aliphatic rings. The van der Waals surface area contributed by atoms with Gasteiger partial charge in [0.25, 0.3) is 0 Å². The van der Waals surface area contributed by atoms with Crippen LogP contribution in [-0.4, -0.2) is 18.6 Å². The number of fused-ring (bicyclic) bond motifs is 1. The third-order valence-corrected chi connectivity index (χ3v) is 4.32. The van der Waals surface area contributed by atoms with Gasteiger partial charge in [-0.3, -0.25) is 4.98 Å². The van der Waals surface area contributed by atoms with Gasteiger partial charge in [0.2, 0.25) is 0 Å². The number of nitrogens with zero attached hydrogens (tertiary/aromatic N) is 1. The van der Waals surface area contributed by atoms with Crippen LogP contribution in [0.4, 0.5) is 0 Å². The molecule has 1 atom stereocenters. The molecule has 116 valence electrons. The number of aromatic nitrogens is 1. The van der Waals surface area contributed by atoms with Gasteiger partial charge in [0, 0.05) is 18.7 Å². The summed E-state index contributed by atoms with van der Waals surface area (Å²) in [6, 6.07) is 14.4. The third-order valence-electron chi connectivity index (χ3n) is 3.40. The molecule has 0 radical (unpaired) electrons. The molecular weight excluding hydrogens is 292 g/mol. The summed E-state index contributed by atoms with van der Waals surface area (Å²) in [6.07, 6.45) is 2.78. The highest BCUT2D eigenvalue weighted by molar-refractivity contribution is 7.17. The van der Waals surface area contributed by atoms with E-state index in [2.05, 4.69) is 39.9 Å². The fourth-order valence-corrected chi connectivity index (χ4v) is 3.14. The zero-order valence-corrected chi connectivity index (χ0v) is 12.8. The zero-order chi connectivity index (χ0) is 14.5. The average molecular weight is 314 g/mol. The Labute approximate surface area is 136 Å². The predicted octanol–water partition coefficient (Wildman–Crippen LogP) is 4.66. The van der Waals surface area contributed by atoms with Crippen molar-refractivity contribution in [1.82, 2.24) is 10.3 Å². The van der Waals surface area contributed by atoms with Crippen LogP contribution in [-0.2, 0) is 0 Å². The van der Waals surface area contributed by atoms with Crippen LogP contribution in [0.3, 0.4) is 0 Å². The van der Waals surface area contributed by atoms with E-state index in [1.165, 1.54) is 5.56 Å². The third kappa shape index (κ3) is 3.64. The number of rotatable bonds is 6. The highest BCUT2D eigenvalue weighted by atomic mass is 32.1. The Morgan fingerprint density at radius 1 is 1.18 bits per heavy atom. The van der Waals surface area contributed by atoms with Crippen molar-refractivity contribution in [1.29, 1.82) is 0 Å². The standard InChI is InChI=1S/C17H18N2OS.CH4/c1-18-10-7-15(13-5-3-2-4-6-13)20-16-8-11-19-14-9-12-21-17(14)16;/h2-6,8-9,11-12,15,18H,7,10H2,1H3;1H4/t15-;/m0./s1. The summed E-state index contributed by atoms with van der Waals surface area (Å²) in [4.78, 5) is 4.36. The van der Waals surface area contributed by atoms with Crippen molar-refractivity contribution >= 4 is 21.6 Å². The van der Waals surface area contributed by atoms with Crippen LogP contribution in [0.25, 0.3) is 10.2 Å². The van der Waals surface area contributed by atoms with Crippen LogP contribution in [0, 0.1) is 0 Å². The zero-order valence-electron chi connectivity index (χ0n) is 12.0. The van der Waals surface area contributed by atoms with Crippen LogP contribution in [0.15, 0.2) is 54.0 Å². The summed E-state index contributed by atoms with van der Waals surface area (Å²) in [5.41, 5.74) is 2.20. The first-order valence-electron chi connectivity index (χ1n) is 7.07. The van der Waals surface area contributed by atoms with Gasteiger partial charge in [0.15, 0.2) is 0 Å². The Balaban J connectivity index is 0.00000176. The molecule has 0 spiro atoms. The Morgan fingerprint density at radius 3 is 2.77 bits per heavy atom. The van der Waals surface area contributed by atoms with Crippen molar-refractivity contribution < 1.29 is 4.74 Å². The highest BCUT2D eigenvalue weighted by Crippen LogP contribution is 2.33. The van der Waals surface area contributed by atoms with Gasteiger partial charge in [-0.15, -0.1) is 11.3 Å². The van der Waals surface area contributed by atoms with Crippen molar-refractivity contribution in [2.75, 3.05) is 13.6 Å². The fourth-order valence-electron chi connectivity index (χ4n) is 2.33. The molecule has 2 aromatic heterocycles. The minimum Gasteiger partial charge on any atom is -0.484 e. The monoisotopic (exact) mass is 314 g/mol. The number of benzene rings is 1. The van der Waals surface area contributed by atoms with E-state index in [1.807, 2.05) is 31.4 Å². The lowest BCUT2D eigenvalue weighted by atomic mass is 10.1. The summed E-state index contributed by atoms with van der Waals surface area (Å²) in [7, 11) is 1.96. The summed E-state index contributed by atoms with van der Waals surface area (Å²) in [5.74, 6) is 0.917. The first-order valence-corrected chi connectivity index (χ1v) is 7.95. The Kier molecular flexibility index (Phi) is 5.92. The van der Waals surface area contributed by atoms with E-state index in [0.29, 0.717) is 0 Å². The summed E-state index contributed by atoms with van der Waals surface area (Å²) >= 11 is 1.67. The number of pyridine rings is 1. The quantitative estimate of drug-likeness (QED) is 0.718. The van der Waals surface area contributed by atoms with E-state index in [-0.39, 0.29) is 13.5 Å². The Bertz CT molecular complexity index is 696. The predicted molar refractivity (Wildman–Crippen MR) is 94.7 cm³/mol. The lowest BCUT2D eigenvalue weighted by Gasteiger charge is -2.20. The molecule has 0 bridgehead atoms. The molecule has 0 aliphatic carbocycles. The molecular formula is C18H22N2OS. The molecule has 3 nitrogen and oxygen atoms in total. The van der Waals surface area contributed by atoms with E-state index >= 15 is 0 Å². The maximum atomic E-state index is 6.30. The van der Waals surface area contributed by atoms with Gasteiger partial charge in [-0.1, -0.05) is 37.8 Å². The Morgan fingerprint density at radius 2 is 2.00 bits per heavy atom. The summed E-state index contributed by atoms with van der Waals surface area (Å²) in [5, 5.41) is 5.25. The van der Waals surface area contributed by atoms with Crippen molar-refractivity contribution in [2.24, 2.45) is 0 Å². The van der Waals surface area contributed by atoms with Gasteiger partial charge in [0.1, 0.15) is 11.9 Å². The molecule has 22 heavy (non-hydrogen) atoms. The molecule has 4 heteroatoms. The molecule has 0 unspecified atom stereocenters. The fraction of sp³-hybridized carbons (Fsp3) is 0.278. The van der Waals surface area contributed by atoms with Crippen LogP contribution in [0.5, 0.6) is 5.75 Å². The summed E-state index contributed by atoms with van der Waals surface area (Å²) < 4.78 is 7.42. The minimum absolute atomic E-state index is 0. The van der Waals surface area contributed by atoms with Crippen LogP contribution >= 0.6 is 11.3 Å². The van der Waals surface area contributed by atoms with Gasteiger partial charge >= 0.3 is 0 Å². The number of thiophene rings is 1. The van der Waals surface area contributed by atoms with E-state index < -0.39 is 0 Å². The largest absolute Gasteiger partial charge is 0.484 e. The van der Waals surface area contributed by atoms with Crippen LogP contribution in [0.2, 0.25) is 0 Å². The molecule has 0 amide bonds. The normalized spacial score (nSPS) is 11.9. The first kappa shape index (κ1) is 16.5. The number of ether oxygens (including phenoxy) is 1. The van der Waals surface area contributed by atoms with Gasteiger partial charge in [-0.05, 0) is 30.6 Å². The number of nitrogens with one attached hydrogen (secondary N) is 1. The SMILES string of the molecule is C.CNCC[C@H](Oc1ccnc2ccsc12)c1ccccc1. The van der Waals surface area contributed by atoms with Crippen molar-refractivity contribution in [3.8, 4) is 5.75 Å². The highest BCUT2D eigenvalue weighted by Gasteiger charge is 2.15. The summed E-state index contributed by atoms with van der Waals surface area (Å²) in [6.45, 7) is 0.915. The first-order chi connectivity index (χ1) is 10.4. The smallest absolute Gasteiger partial charge is 0.141 e. The number of hydrogen-bond acceptors (Lipinski definition) is 4. The minimum atomic E-state index is 0. The molecule has 0 aliphatic heterocycles. The molecule has 0 saturated carbocycles. The molecule has 1 aromatic carbocycles. The van der Waals surface area contributed by atoms with Crippen molar-refractivity contribution in [2.45, 2.75) is 20.0 Å². The molecule has 2 heterocycles. The molecule has 1 N–H and O–H groups in total. The number of hydrogen-bond donors (Lipinski definition) is 1. The van der Waals surface area contributed by atoms with E-state index in [0.717, 1.165) is 28.9 Å². The van der Waals surface area contributed by atoms with Gasteiger partial charge in [-0.2, -0.15) is 0 Å². The van der Waals surface area contributed by atoms with Crippen molar-refractivity contribution in [3.63, 3.8) is 0 Å². The lowest BCUT2D eigenvalue weighted by Crippen LogP contribution is -2.16. The maximum Gasteiger partial charge on any atom is 0.141 e. The van der Waals surface area contributed by atoms with Crippen LogP contribution in [0.1, 0.15) is 25.5 Å². The Hall–Kier alpha value is -1.91. The average Bonchev–Trinajstić information content (AvgIpc) is 3.01. The second kappa shape index (κ2) is 7.92. The lowest BCUT2D eigenvalue weighted by molar-refractivity contribution is 0.198. The molecule has 0 fully saturated rings. The van der Waals surface area contributed by atoms with Crippen LogP contribution < -0.4 is 10.1 Å². The van der Waals surface area contributed by atoms with Crippen molar-refractivity contribution in [3.05, 3.63) is 59.6 Å². The van der Waals surface area contributed by atoms with Gasteiger partial charge in [-0.25, -0.2) is 0 Å².